The molecule has 0 saturated carbocycles. The molecule has 21 heavy (non-hydrogen) atoms. The number of hydrogen-bond acceptors (Lipinski definition) is 5. The first-order valence-corrected chi connectivity index (χ1v) is 7.71. The van der Waals surface area contributed by atoms with Crippen LogP contribution in [0.25, 0.3) is 0 Å². The average molecular weight is 331 g/mol. The van der Waals surface area contributed by atoms with Crippen LogP contribution in [0.1, 0.15) is 12.0 Å². The molecule has 2 N–H and O–H groups in total. The van der Waals surface area contributed by atoms with Crippen molar-refractivity contribution < 1.29 is 23.4 Å². The molecule has 2 rings (SSSR count). The van der Waals surface area contributed by atoms with Crippen molar-refractivity contribution in [3.05, 3.63) is 28.8 Å². The van der Waals surface area contributed by atoms with Crippen molar-refractivity contribution in [3.63, 3.8) is 0 Å². The molecule has 1 aromatic rings. The molecule has 0 amide bonds. The monoisotopic (exact) mass is 330 g/mol. The number of β-amino-alcohol motifs (C(OH)–C–C–N with tert-alkyl or cyclic N) is 1. The quantitative estimate of drug-likeness (QED) is 0.829. The number of nitriles is 1. The van der Waals surface area contributed by atoms with E-state index in [0.29, 0.717) is 4.31 Å². The van der Waals surface area contributed by atoms with E-state index in [2.05, 4.69) is 0 Å². The first-order valence-electron chi connectivity index (χ1n) is 5.89. The van der Waals surface area contributed by atoms with Gasteiger partial charge in [-0.1, -0.05) is 11.6 Å². The van der Waals surface area contributed by atoms with E-state index in [-0.39, 0.29) is 28.4 Å². The van der Waals surface area contributed by atoms with Crippen LogP contribution in [0.2, 0.25) is 5.02 Å². The van der Waals surface area contributed by atoms with Gasteiger partial charge in [-0.3, -0.25) is 4.79 Å². The first kappa shape index (κ1) is 15.7. The normalized spacial score (nSPS) is 22.9. The van der Waals surface area contributed by atoms with Crippen LogP contribution in [-0.2, 0) is 14.8 Å². The summed E-state index contributed by atoms with van der Waals surface area (Å²) >= 11 is 5.87. The fraction of sp³-hybridized carbons (Fsp3) is 0.333. The number of benzene rings is 1. The maximum atomic E-state index is 12.5. The van der Waals surface area contributed by atoms with Gasteiger partial charge in [-0.15, -0.1) is 0 Å². The van der Waals surface area contributed by atoms with Gasteiger partial charge in [-0.05, 0) is 18.2 Å². The SMILES string of the molecule is N#Cc1ccc(S(=O)(=O)N2C[C@H](O)C[C@@H]2C(=O)O)c(Cl)c1. The van der Waals surface area contributed by atoms with Crippen LogP contribution < -0.4 is 0 Å². The van der Waals surface area contributed by atoms with Gasteiger partial charge >= 0.3 is 5.97 Å². The maximum Gasteiger partial charge on any atom is 0.322 e. The fourth-order valence-electron chi connectivity index (χ4n) is 2.18. The number of halogens is 1. The number of nitrogens with zero attached hydrogens (tertiary/aromatic N) is 2. The van der Waals surface area contributed by atoms with E-state index in [4.69, 9.17) is 22.0 Å². The Morgan fingerprint density at radius 3 is 2.67 bits per heavy atom. The zero-order chi connectivity index (χ0) is 15.8. The van der Waals surface area contributed by atoms with Crippen molar-refractivity contribution in [2.75, 3.05) is 6.54 Å². The summed E-state index contributed by atoms with van der Waals surface area (Å²) in [7, 11) is -4.17. The number of rotatable bonds is 3. The minimum absolute atomic E-state index is 0.167. The standard InChI is InChI=1S/C12H11ClN2O5S/c13-9-3-7(5-14)1-2-11(9)21(19,20)15-6-8(16)4-10(15)12(17)18/h1-3,8,10,16H,4,6H2,(H,17,18)/t8-,10-/m1/s1. The van der Waals surface area contributed by atoms with Crippen molar-refractivity contribution in [2.24, 2.45) is 0 Å². The van der Waals surface area contributed by atoms with E-state index < -0.39 is 28.1 Å². The van der Waals surface area contributed by atoms with Gasteiger partial charge in [0.15, 0.2) is 0 Å². The van der Waals surface area contributed by atoms with Gasteiger partial charge in [0.1, 0.15) is 10.9 Å². The second-order valence-corrected chi connectivity index (χ2v) is 6.84. The summed E-state index contributed by atoms with van der Waals surface area (Å²) in [6, 6.07) is 4.11. The molecule has 0 spiro atoms. The number of aliphatic carboxylic acids is 1. The minimum atomic E-state index is -4.17. The number of aliphatic hydroxyl groups excluding tert-OH is 1. The van der Waals surface area contributed by atoms with E-state index in [1.165, 1.54) is 12.1 Å². The first-order chi connectivity index (χ1) is 9.77. The van der Waals surface area contributed by atoms with Crippen LogP contribution in [0.5, 0.6) is 0 Å². The van der Waals surface area contributed by atoms with Gasteiger partial charge in [0.2, 0.25) is 10.0 Å². The van der Waals surface area contributed by atoms with Gasteiger partial charge in [0.05, 0.1) is 22.8 Å². The molecule has 0 aliphatic carbocycles. The van der Waals surface area contributed by atoms with Gasteiger partial charge in [-0.2, -0.15) is 9.57 Å². The Kier molecular flexibility index (Phi) is 4.20. The zero-order valence-electron chi connectivity index (χ0n) is 10.6. The van der Waals surface area contributed by atoms with Crippen molar-refractivity contribution in [1.82, 2.24) is 4.31 Å². The fourth-order valence-corrected chi connectivity index (χ4v) is 4.33. The summed E-state index contributed by atoms with van der Waals surface area (Å²) in [5, 5.41) is 27.2. The predicted molar refractivity (Wildman–Crippen MR) is 72.1 cm³/mol. The highest BCUT2D eigenvalue weighted by molar-refractivity contribution is 7.89. The molecule has 1 aliphatic rings. The molecule has 2 atom stereocenters. The lowest BCUT2D eigenvalue weighted by Gasteiger charge is -2.21. The van der Waals surface area contributed by atoms with Crippen LogP contribution in [0.4, 0.5) is 0 Å². The number of sulfonamides is 1. The number of carbonyl (C=O) groups is 1. The molecular weight excluding hydrogens is 320 g/mol. The molecule has 0 bridgehead atoms. The van der Waals surface area contributed by atoms with E-state index >= 15 is 0 Å². The van der Waals surface area contributed by atoms with Crippen LogP contribution in [0.15, 0.2) is 23.1 Å². The predicted octanol–water partition coefficient (Wildman–Crippen LogP) is 0.420. The lowest BCUT2D eigenvalue weighted by atomic mass is 10.2. The molecule has 112 valence electrons. The van der Waals surface area contributed by atoms with Crippen molar-refractivity contribution >= 4 is 27.6 Å². The third-order valence-electron chi connectivity index (χ3n) is 3.17. The molecule has 1 heterocycles. The molecule has 0 unspecified atom stereocenters. The van der Waals surface area contributed by atoms with Crippen LogP contribution in [0, 0.1) is 11.3 Å². The average Bonchev–Trinajstić information content (AvgIpc) is 2.81. The molecule has 0 radical (unpaired) electrons. The Balaban J connectivity index is 2.47. The van der Waals surface area contributed by atoms with Gasteiger partial charge in [-0.25, -0.2) is 8.42 Å². The molecule has 1 aliphatic heterocycles. The smallest absolute Gasteiger partial charge is 0.322 e. The third-order valence-corrected chi connectivity index (χ3v) is 5.52. The Hall–Kier alpha value is -1.66. The minimum Gasteiger partial charge on any atom is -0.480 e. The number of carboxylic acids is 1. The molecule has 1 aromatic carbocycles. The lowest BCUT2D eigenvalue weighted by molar-refractivity contribution is -0.140. The second kappa shape index (κ2) is 5.61. The zero-order valence-corrected chi connectivity index (χ0v) is 12.2. The number of hydrogen-bond donors (Lipinski definition) is 2. The van der Waals surface area contributed by atoms with E-state index in [0.717, 1.165) is 6.07 Å². The molecule has 1 saturated heterocycles. The van der Waals surface area contributed by atoms with Crippen molar-refractivity contribution in [1.29, 1.82) is 5.26 Å². The maximum absolute atomic E-state index is 12.5. The number of aliphatic hydroxyl groups is 1. The largest absolute Gasteiger partial charge is 0.480 e. The molecule has 0 aromatic heterocycles. The number of carboxylic acid groups (broad SMARTS) is 1. The molecular formula is C12H11ClN2O5S. The summed E-state index contributed by atoms with van der Waals surface area (Å²) in [6.45, 7) is -0.310. The van der Waals surface area contributed by atoms with Gasteiger partial charge in [0, 0.05) is 13.0 Å². The van der Waals surface area contributed by atoms with Crippen LogP contribution in [0.3, 0.4) is 0 Å². The summed E-state index contributed by atoms with van der Waals surface area (Å²) in [5.74, 6) is -1.33. The topological polar surface area (TPSA) is 119 Å². The van der Waals surface area contributed by atoms with E-state index in [1.807, 2.05) is 6.07 Å². The molecule has 7 nitrogen and oxygen atoms in total. The highest BCUT2D eigenvalue weighted by atomic mass is 35.5. The second-order valence-electron chi connectivity index (χ2n) is 4.58. The Bertz CT molecular complexity index is 728. The summed E-state index contributed by atoms with van der Waals surface area (Å²) in [4.78, 5) is 10.8. The summed E-state index contributed by atoms with van der Waals surface area (Å²) in [5.41, 5.74) is 0.190. The van der Waals surface area contributed by atoms with Gasteiger partial charge in [0.25, 0.3) is 0 Å². The van der Waals surface area contributed by atoms with Crippen molar-refractivity contribution in [2.45, 2.75) is 23.5 Å². The molecule has 1 fully saturated rings. The third kappa shape index (κ3) is 2.87. The summed E-state index contributed by atoms with van der Waals surface area (Å²) < 4.78 is 25.7. The van der Waals surface area contributed by atoms with E-state index in [9.17, 15) is 18.3 Å². The lowest BCUT2D eigenvalue weighted by Crippen LogP contribution is -2.40. The van der Waals surface area contributed by atoms with Crippen molar-refractivity contribution in [3.8, 4) is 6.07 Å². The molecule has 9 heteroatoms. The van der Waals surface area contributed by atoms with Crippen LogP contribution in [-0.4, -0.2) is 47.6 Å². The Morgan fingerprint density at radius 2 is 2.14 bits per heavy atom. The van der Waals surface area contributed by atoms with Crippen LogP contribution >= 0.6 is 11.6 Å². The highest BCUT2D eigenvalue weighted by Crippen LogP contribution is 2.31. The Labute approximate surface area is 126 Å². The van der Waals surface area contributed by atoms with Gasteiger partial charge < -0.3 is 10.2 Å². The Morgan fingerprint density at radius 1 is 1.48 bits per heavy atom. The van der Waals surface area contributed by atoms with E-state index in [1.54, 1.807) is 0 Å². The summed E-state index contributed by atoms with van der Waals surface area (Å²) in [6.07, 6.45) is -1.22. The highest BCUT2D eigenvalue weighted by Gasteiger charge is 2.44.